The van der Waals surface area contributed by atoms with Crippen molar-refractivity contribution in [1.82, 2.24) is 5.32 Å². The Morgan fingerprint density at radius 2 is 1.57 bits per heavy atom. The smallest absolute Gasteiger partial charge is 0.0465 e. The molecule has 0 saturated heterocycles. The summed E-state index contributed by atoms with van der Waals surface area (Å²) in [6, 6.07) is 19.1. The first-order valence-corrected chi connectivity index (χ1v) is 7.14. The zero-order valence-electron chi connectivity index (χ0n) is 11.6. The van der Waals surface area contributed by atoms with Crippen LogP contribution in [0, 0.1) is 0 Å². The van der Waals surface area contributed by atoms with Gasteiger partial charge in [0.1, 0.15) is 0 Å². The lowest BCUT2D eigenvalue weighted by molar-refractivity contribution is 1.10. The molecular weight excluding hydrogens is 254 g/mol. The number of hydrogen-bond donors (Lipinski definition) is 1. The quantitative estimate of drug-likeness (QED) is 0.796. The van der Waals surface area contributed by atoms with Gasteiger partial charge >= 0.3 is 0 Å². The molecule has 2 aromatic carbocycles. The van der Waals surface area contributed by atoms with Crippen LogP contribution in [-0.2, 0) is 0 Å². The molecule has 0 atom stereocenters. The molecule has 1 aliphatic heterocycles. The zero-order chi connectivity index (χ0) is 14.1. The van der Waals surface area contributed by atoms with E-state index in [-0.39, 0.29) is 0 Å². The zero-order valence-corrected chi connectivity index (χ0v) is 11.6. The Labute approximate surface area is 124 Å². The molecule has 0 radical (unpaired) electrons. The van der Waals surface area contributed by atoms with Crippen LogP contribution in [0.2, 0.25) is 0 Å². The van der Waals surface area contributed by atoms with Crippen molar-refractivity contribution in [2.24, 2.45) is 0 Å². The van der Waals surface area contributed by atoms with E-state index in [9.17, 15) is 0 Å². The van der Waals surface area contributed by atoms with Gasteiger partial charge in [0.15, 0.2) is 0 Å². The minimum absolute atomic E-state index is 1.15. The first kappa shape index (κ1) is 12.0. The molecule has 2 aromatic rings. The first-order valence-electron chi connectivity index (χ1n) is 7.14. The highest BCUT2D eigenvalue weighted by molar-refractivity contribution is 6.18. The third-order valence-electron chi connectivity index (χ3n) is 3.86. The summed E-state index contributed by atoms with van der Waals surface area (Å²) in [5, 5.41) is 3.37. The highest BCUT2D eigenvalue weighted by Gasteiger charge is 2.22. The van der Waals surface area contributed by atoms with E-state index in [1.807, 2.05) is 12.3 Å². The molecule has 1 nitrogen and oxygen atoms in total. The maximum Gasteiger partial charge on any atom is 0.0465 e. The van der Waals surface area contributed by atoms with Gasteiger partial charge in [0, 0.05) is 17.5 Å². The summed E-state index contributed by atoms with van der Waals surface area (Å²) >= 11 is 0. The lowest BCUT2D eigenvalue weighted by Crippen LogP contribution is -2.08. The van der Waals surface area contributed by atoms with Crippen molar-refractivity contribution in [2.45, 2.75) is 0 Å². The van der Waals surface area contributed by atoms with Crippen LogP contribution in [0.5, 0.6) is 0 Å². The van der Waals surface area contributed by atoms with Gasteiger partial charge in [0.05, 0.1) is 0 Å². The summed E-state index contributed by atoms with van der Waals surface area (Å²) < 4.78 is 0. The highest BCUT2D eigenvalue weighted by Crippen LogP contribution is 2.42. The molecule has 0 spiro atoms. The Hall–Kier alpha value is -2.80. The van der Waals surface area contributed by atoms with Crippen molar-refractivity contribution in [2.75, 3.05) is 0 Å². The average molecular weight is 269 g/mol. The molecule has 1 heterocycles. The Kier molecular flexibility index (Phi) is 2.82. The SMILES string of the molecule is C1=CNC(=C2C(c3ccccc3)=Cc3ccccc32)C=C1. The fourth-order valence-electron chi connectivity index (χ4n) is 2.91. The van der Waals surface area contributed by atoms with Crippen LogP contribution >= 0.6 is 0 Å². The number of benzene rings is 2. The van der Waals surface area contributed by atoms with E-state index >= 15 is 0 Å². The molecule has 1 aliphatic carbocycles. The predicted molar refractivity (Wildman–Crippen MR) is 89.1 cm³/mol. The van der Waals surface area contributed by atoms with E-state index in [0.29, 0.717) is 0 Å². The van der Waals surface area contributed by atoms with Crippen LogP contribution in [0.4, 0.5) is 0 Å². The number of fused-ring (bicyclic) bond motifs is 1. The molecule has 0 fully saturated rings. The maximum atomic E-state index is 3.37. The fraction of sp³-hybridized carbons (Fsp3) is 0. The Balaban J connectivity index is 1.95. The Morgan fingerprint density at radius 1 is 0.762 bits per heavy atom. The van der Waals surface area contributed by atoms with E-state index in [1.165, 1.54) is 27.8 Å². The molecule has 2 aliphatic rings. The molecule has 1 N–H and O–H groups in total. The fourth-order valence-corrected chi connectivity index (χ4v) is 2.91. The van der Waals surface area contributed by atoms with E-state index in [4.69, 9.17) is 0 Å². The van der Waals surface area contributed by atoms with Crippen molar-refractivity contribution in [1.29, 1.82) is 0 Å². The maximum absolute atomic E-state index is 3.37. The Morgan fingerprint density at radius 3 is 2.38 bits per heavy atom. The van der Waals surface area contributed by atoms with Crippen molar-refractivity contribution in [3.63, 3.8) is 0 Å². The molecule has 0 amide bonds. The van der Waals surface area contributed by atoms with Gasteiger partial charge in [-0.05, 0) is 40.5 Å². The molecule has 21 heavy (non-hydrogen) atoms. The molecule has 100 valence electrons. The minimum Gasteiger partial charge on any atom is -0.361 e. The number of dihydropyridines is 1. The topological polar surface area (TPSA) is 12.0 Å². The molecule has 0 aromatic heterocycles. The first-order chi connectivity index (χ1) is 10.4. The number of rotatable bonds is 1. The summed E-state index contributed by atoms with van der Waals surface area (Å²) in [4.78, 5) is 0. The molecule has 0 saturated carbocycles. The molecule has 0 bridgehead atoms. The lowest BCUT2D eigenvalue weighted by atomic mass is 9.95. The second kappa shape index (κ2) is 4.95. The third-order valence-corrected chi connectivity index (χ3v) is 3.86. The van der Waals surface area contributed by atoms with E-state index < -0.39 is 0 Å². The summed E-state index contributed by atoms with van der Waals surface area (Å²) in [7, 11) is 0. The van der Waals surface area contributed by atoms with Crippen molar-refractivity contribution < 1.29 is 0 Å². The van der Waals surface area contributed by atoms with Gasteiger partial charge in [-0.1, -0.05) is 60.7 Å². The van der Waals surface area contributed by atoms with Crippen molar-refractivity contribution >= 4 is 17.2 Å². The van der Waals surface area contributed by atoms with Crippen LogP contribution in [0.15, 0.2) is 84.7 Å². The molecule has 0 unspecified atom stereocenters. The molecular formula is C20H15N. The highest BCUT2D eigenvalue weighted by atomic mass is 14.9. The van der Waals surface area contributed by atoms with E-state index in [2.05, 4.69) is 78.1 Å². The lowest BCUT2D eigenvalue weighted by Gasteiger charge is -2.15. The second-order valence-electron chi connectivity index (χ2n) is 5.16. The van der Waals surface area contributed by atoms with E-state index in [1.54, 1.807) is 0 Å². The van der Waals surface area contributed by atoms with Crippen LogP contribution in [0.25, 0.3) is 17.2 Å². The van der Waals surface area contributed by atoms with Gasteiger partial charge in [0.25, 0.3) is 0 Å². The van der Waals surface area contributed by atoms with Crippen LogP contribution in [0.1, 0.15) is 16.7 Å². The van der Waals surface area contributed by atoms with Crippen LogP contribution in [0.3, 0.4) is 0 Å². The monoisotopic (exact) mass is 269 g/mol. The summed E-state index contributed by atoms with van der Waals surface area (Å²) in [5.41, 5.74) is 7.53. The second-order valence-corrected chi connectivity index (χ2v) is 5.16. The van der Waals surface area contributed by atoms with Gasteiger partial charge in [0.2, 0.25) is 0 Å². The Bertz CT molecular complexity index is 805. The average Bonchev–Trinajstić information content (AvgIpc) is 2.96. The van der Waals surface area contributed by atoms with Gasteiger partial charge in [-0.2, -0.15) is 0 Å². The van der Waals surface area contributed by atoms with Crippen LogP contribution in [-0.4, -0.2) is 0 Å². The largest absolute Gasteiger partial charge is 0.361 e. The number of nitrogens with one attached hydrogen (secondary N) is 1. The standard InChI is InChI=1S/C20H15N/c1-2-8-15(9-3-1)18-14-16-10-4-5-11-17(16)20(18)19-12-6-7-13-21-19/h1-14,21H. The van der Waals surface area contributed by atoms with Crippen molar-refractivity contribution in [3.8, 4) is 0 Å². The van der Waals surface area contributed by atoms with Gasteiger partial charge < -0.3 is 5.32 Å². The molecule has 4 rings (SSSR count). The predicted octanol–water partition coefficient (Wildman–Crippen LogP) is 4.63. The summed E-state index contributed by atoms with van der Waals surface area (Å²) in [6.45, 7) is 0. The normalized spacial score (nSPS) is 19.1. The molecule has 1 heteroatoms. The minimum atomic E-state index is 1.15. The van der Waals surface area contributed by atoms with Crippen LogP contribution < -0.4 is 5.32 Å². The summed E-state index contributed by atoms with van der Waals surface area (Å²) in [5.74, 6) is 0. The third kappa shape index (κ3) is 2.03. The van der Waals surface area contributed by atoms with E-state index in [0.717, 1.165) is 5.70 Å². The number of allylic oxidation sites excluding steroid dienone is 5. The summed E-state index contributed by atoms with van der Waals surface area (Å²) in [6.07, 6.45) is 10.5. The number of hydrogen-bond acceptors (Lipinski definition) is 1. The van der Waals surface area contributed by atoms with Gasteiger partial charge in [-0.3, -0.25) is 0 Å². The van der Waals surface area contributed by atoms with Crippen molar-refractivity contribution in [3.05, 3.63) is 101 Å². The van der Waals surface area contributed by atoms with Gasteiger partial charge in [-0.15, -0.1) is 0 Å². The van der Waals surface area contributed by atoms with Gasteiger partial charge in [-0.25, -0.2) is 0 Å².